The summed E-state index contributed by atoms with van der Waals surface area (Å²) in [6.07, 6.45) is 6.18. The van der Waals surface area contributed by atoms with E-state index in [1.165, 1.54) is 0 Å². The molecule has 1 aromatic heterocycles. The van der Waals surface area contributed by atoms with E-state index in [1.54, 1.807) is 6.20 Å². The van der Waals surface area contributed by atoms with E-state index < -0.39 is 0 Å². The standard InChI is InChI=1S/C18H18N2O2/c1-2-22-18(21)17-10-16(12-20-17)14-7-5-13(6-8-14)15-4-3-9-19-11-15/h3-9,11-12,17,20H,2,10H2,1H3. The molecule has 4 heteroatoms. The number of hydrogen-bond acceptors (Lipinski definition) is 4. The molecule has 0 saturated carbocycles. The summed E-state index contributed by atoms with van der Waals surface area (Å²) in [5.74, 6) is -0.194. The van der Waals surface area contributed by atoms with E-state index in [2.05, 4.69) is 34.6 Å². The predicted octanol–water partition coefficient (Wildman–Crippen LogP) is 3.01. The van der Waals surface area contributed by atoms with Gasteiger partial charge in [-0.3, -0.25) is 4.98 Å². The van der Waals surface area contributed by atoms with Crippen LogP contribution in [-0.2, 0) is 9.53 Å². The smallest absolute Gasteiger partial charge is 0.328 e. The number of rotatable bonds is 4. The second-order valence-corrected chi connectivity index (χ2v) is 5.16. The van der Waals surface area contributed by atoms with Crippen LogP contribution in [0.15, 0.2) is 55.0 Å². The molecule has 1 aliphatic rings. The van der Waals surface area contributed by atoms with Crippen molar-refractivity contribution in [2.24, 2.45) is 0 Å². The number of nitrogens with one attached hydrogen (secondary N) is 1. The van der Waals surface area contributed by atoms with Crippen LogP contribution in [0, 0.1) is 0 Å². The van der Waals surface area contributed by atoms with Crippen LogP contribution in [0.4, 0.5) is 0 Å². The molecule has 0 aliphatic carbocycles. The molecule has 4 nitrogen and oxygen atoms in total. The highest BCUT2D eigenvalue weighted by Gasteiger charge is 2.25. The zero-order chi connectivity index (χ0) is 15.4. The Morgan fingerprint density at radius 2 is 2.00 bits per heavy atom. The van der Waals surface area contributed by atoms with Crippen LogP contribution in [0.25, 0.3) is 16.7 Å². The lowest BCUT2D eigenvalue weighted by atomic mass is 9.99. The van der Waals surface area contributed by atoms with Gasteiger partial charge < -0.3 is 10.1 Å². The fourth-order valence-electron chi connectivity index (χ4n) is 2.54. The molecule has 1 N–H and O–H groups in total. The second-order valence-electron chi connectivity index (χ2n) is 5.16. The third-order valence-electron chi connectivity index (χ3n) is 3.70. The summed E-state index contributed by atoms with van der Waals surface area (Å²) >= 11 is 0. The Morgan fingerprint density at radius 3 is 2.68 bits per heavy atom. The molecule has 1 aromatic carbocycles. The molecular formula is C18H18N2O2. The summed E-state index contributed by atoms with van der Waals surface area (Å²) in [6, 6.07) is 12.0. The maximum absolute atomic E-state index is 11.7. The number of pyridine rings is 1. The monoisotopic (exact) mass is 294 g/mol. The lowest BCUT2D eigenvalue weighted by Crippen LogP contribution is -2.31. The van der Waals surface area contributed by atoms with E-state index >= 15 is 0 Å². The summed E-state index contributed by atoms with van der Waals surface area (Å²) in [4.78, 5) is 15.9. The first-order valence-electron chi connectivity index (χ1n) is 7.40. The highest BCUT2D eigenvalue weighted by Crippen LogP contribution is 2.27. The summed E-state index contributed by atoms with van der Waals surface area (Å²) in [5, 5.41) is 3.09. The minimum absolute atomic E-state index is 0.194. The molecule has 1 unspecified atom stereocenters. The number of ether oxygens (including phenoxy) is 1. The molecule has 0 saturated heterocycles. The van der Waals surface area contributed by atoms with Crippen molar-refractivity contribution < 1.29 is 9.53 Å². The molecule has 0 radical (unpaired) electrons. The Bertz CT molecular complexity index is 678. The minimum atomic E-state index is -0.270. The van der Waals surface area contributed by atoms with Crippen LogP contribution in [0.1, 0.15) is 18.9 Å². The summed E-state index contributed by atoms with van der Waals surface area (Å²) in [5.41, 5.74) is 4.46. The fourth-order valence-corrected chi connectivity index (χ4v) is 2.54. The van der Waals surface area contributed by atoms with Crippen molar-refractivity contribution in [2.75, 3.05) is 6.61 Å². The first-order valence-corrected chi connectivity index (χ1v) is 7.40. The normalized spacial score (nSPS) is 16.8. The lowest BCUT2D eigenvalue weighted by Gasteiger charge is -2.10. The van der Waals surface area contributed by atoms with Crippen molar-refractivity contribution in [3.05, 3.63) is 60.6 Å². The first kappa shape index (κ1) is 14.3. The minimum Gasteiger partial charge on any atom is -0.464 e. The van der Waals surface area contributed by atoms with Crippen LogP contribution >= 0.6 is 0 Å². The van der Waals surface area contributed by atoms with Crippen molar-refractivity contribution in [1.82, 2.24) is 10.3 Å². The highest BCUT2D eigenvalue weighted by molar-refractivity contribution is 5.82. The lowest BCUT2D eigenvalue weighted by molar-refractivity contribution is -0.145. The summed E-state index contributed by atoms with van der Waals surface area (Å²) in [6.45, 7) is 2.23. The molecule has 2 heterocycles. The predicted molar refractivity (Wildman–Crippen MR) is 85.8 cm³/mol. The van der Waals surface area contributed by atoms with Gasteiger partial charge in [-0.2, -0.15) is 0 Å². The number of hydrogen-bond donors (Lipinski definition) is 1. The highest BCUT2D eigenvalue weighted by atomic mass is 16.5. The zero-order valence-electron chi connectivity index (χ0n) is 12.5. The van der Waals surface area contributed by atoms with Crippen LogP contribution in [0.5, 0.6) is 0 Å². The van der Waals surface area contributed by atoms with Gasteiger partial charge >= 0.3 is 5.97 Å². The van der Waals surface area contributed by atoms with Crippen LogP contribution < -0.4 is 5.32 Å². The topological polar surface area (TPSA) is 51.2 Å². The van der Waals surface area contributed by atoms with Gasteiger partial charge in [-0.05, 0) is 35.3 Å². The number of aromatic nitrogens is 1. The quantitative estimate of drug-likeness (QED) is 0.881. The van der Waals surface area contributed by atoms with Crippen LogP contribution in [0.3, 0.4) is 0 Å². The van der Waals surface area contributed by atoms with Crippen molar-refractivity contribution in [1.29, 1.82) is 0 Å². The number of esters is 1. The van der Waals surface area contributed by atoms with Crippen LogP contribution in [-0.4, -0.2) is 23.6 Å². The van der Waals surface area contributed by atoms with Gasteiger partial charge in [0.15, 0.2) is 0 Å². The average Bonchev–Trinajstić information content (AvgIpc) is 3.06. The molecule has 0 spiro atoms. The molecule has 0 fully saturated rings. The van der Waals surface area contributed by atoms with Gasteiger partial charge in [-0.25, -0.2) is 4.79 Å². The molecule has 0 amide bonds. The largest absolute Gasteiger partial charge is 0.464 e. The Hall–Kier alpha value is -2.62. The van der Waals surface area contributed by atoms with Crippen molar-refractivity contribution >= 4 is 11.5 Å². The van der Waals surface area contributed by atoms with E-state index in [4.69, 9.17) is 4.74 Å². The first-order chi connectivity index (χ1) is 10.8. The number of carbonyl (C=O) groups is 1. The molecule has 2 aromatic rings. The number of benzene rings is 1. The zero-order valence-corrected chi connectivity index (χ0v) is 12.5. The van der Waals surface area contributed by atoms with E-state index in [0.717, 1.165) is 22.3 Å². The SMILES string of the molecule is CCOC(=O)C1CC(c2ccc(-c3cccnc3)cc2)=CN1. The van der Waals surface area contributed by atoms with E-state index in [-0.39, 0.29) is 12.0 Å². The van der Waals surface area contributed by atoms with E-state index in [0.29, 0.717) is 13.0 Å². The fraction of sp³-hybridized carbons (Fsp3) is 0.222. The van der Waals surface area contributed by atoms with Crippen molar-refractivity contribution in [2.45, 2.75) is 19.4 Å². The maximum Gasteiger partial charge on any atom is 0.328 e. The van der Waals surface area contributed by atoms with Crippen molar-refractivity contribution in [3.63, 3.8) is 0 Å². The Kier molecular flexibility index (Phi) is 4.19. The van der Waals surface area contributed by atoms with Gasteiger partial charge in [-0.15, -0.1) is 0 Å². The van der Waals surface area contributed by atoms with Crippen molar-refractivity contribution in [3.8, 4) is 11.1 Å². The number of carbonyl (C=O) groups excluding carboxylic acids is 1. The van der Waals surface area contributed by atoms with Gasteiger partial charge in [-0.1, -0.05) is 30.3 Å². The van der Waals surface area contributed by atoms with Gasteiger partial charge in [0.25, 0.3) is 0 Å². The molecule has 22 heavy (non-hydrogen) atoms. The third-order valence-corrected chi connectivity index (χ3v) is 3.70. The molecule has 112 valence electrons. The van der Waals surface area contributed by atoms with Gasteiger partial charge in [0.05, 0.1) is 6.61 Å². The molecule has 1 atom stereocenters. The van der Waals surface area contributed by atoms with Crippen LogP contribution in [0.2, 0.25) is 0 Å². The second kappa shape index (κ2) is 6.43. The molecular weight excluding hydrogens is 276 g/mol. The molecule has 3 rings (SSSR count). The van der Waals surface area contributed by atoms with E-state index in [9.17, 15) is 4.79 Å². The van der Waals surface area contributed by atoms with Gasteiger partial charge in [0, 0.05) is 25.0 Å². The summed E-state index contributed by atoms with van der Waals surface area (Å²) < 4.78 is 5.05. The van der Waals surface area contributed by atoms with Gasteiger partial charge in [0.1, 0.15) is 6.04 Å². The Balaban J connectivity index is 1.71. The van der Waals surface area contributed by atoms with E-state index in [1.807, 2.05) is 31.5 Å². The van der Waals surface area contributed by atoms with Gasteiger partial charge in [0.2, 0.25) is 0 Å². The maximum atomic E-state index is 11.7. The Morgan fingerprint density at radius 1 is 1.23 bits per heavy atom. The molecule has 1 aliphatic heterocycles. The number of nitrogens with zero attached hydrogens (tertiary/aromatic N) is 1. The Labute approximate surface area is 129 Å². The summed E-state index contributed by atoms with van der Waals surface area (Å²) in [7, 11) is 0. The molecule has 0 bridgehead atoms. The average molecular weight is 294 g/mol. The third kappa shape index (κ3) is 3.01.